The number of ether oxygens (including phenoxy) is 14. The normalized spacial score (nSPS) is 38.5. The van der Waals surface area contributed by atoms with Crippen LogP contribution in [0.2, 0.25) is 0 Å². The van der Waals surface area contributed by atoms with Gasteiger partial charge in [-0.15, -0.1) is 0 Å². The van der Waals surface area contributed by atoms with Crippen LogP contribution in [0.5, 0.6) is 0 Å². The van der Waals surface area contributed by atoms with E-state index in [2.05, 4.69) is 13.8 Å². The van der Waals surface area contributed by atoms with Crippen molar-refractivity contribution in [1.29, 1.82) is 0 Å². The Kier molecular flexibility index (Phi) is 33.8. The summed E-state index contributed by atoms with van der Waals surface area (Å²) in [5.41, 5.74) is 0.665. The molecule has 6 aliphatic rings. The number of esters is 4. The molecule has 7 rings (SSSR count). The monoisotopic (exact) mass is 1380 g/mol. The van der Waals surface area contributed by atoms with Gasteiger partial charge in [-0.05, 0) is 78.4 Å². The highest BCUT2D eigenvalue weighted by atomic mass is 16.8. The van der Waals surface area contributed by atoms with Crippen molar-refractivity contribution in [1.82, 2.24) is 0 Å². The van der Waals surface area contributed by atoms with Crippen LogP contribution in [0.3, 0.4) is 0 Å². The number of benzene rings is 1. The summed E-state index contributed by atoms with van der Waals surface area (Å²) >= 11 is 0. The molecule has 2 bridgehead atoms. The molecule has 6 aliphatic heterocycles. The first-order chi connectivity index (χ1) is 46.5. The molecule has 0 aromatic heterocycles. The van der Waals surface area contributed by atoms with Crippen LogP contribution >= 0.6 is 0 Å². The maximum Gasteiger partial charge on any atom is 0.331 e. The molecular formula is C72H116O25. The number of hydrogen-bond acceptors (Lipinski definition) is 25. The van der Waals surface area contributed by atoms with Crippen LogP contribution in [0.4, 0.5) is 0 Å². The number of hydrogen-bond donors (Lipinski definition) is 7. The molecule has 1 aromatic rings. The summed E-state index contributed by atoms with van der Waals surface area (Å²) in [5, 5.41) is 81.9. The van der Waals surface area contributed by atoms with E-state index in [4.69, 9.17) is 66.3 Å². The highest BCUT2D eigenvalue weighted by Gasteiger charge is 2.59. The molecule has 0 radical (unpaired) electrons. The topological polar surface area (TPSA) is 339 Å². The van der Waals surface area contributed by atoms with Crippen molar-refractivity contribution in [3.05, 3.63) is 42.0 Å². The van der Waals surface area contributed by atoms with Crippen LogP contribution in [-0.4, -0.2) is 219 Å². The number of aliphatic hydroxyl groups excluding tert-OH is 7. The minimum Gasteiger partial charge on any atom is -0.456 e. The van der Waals surface area contributed by atoms with Crippen LogP contribution in [0.1, 0.15) is 222 Å². The van der Waals surface area contributed by atoms with E-state index >= 15 is 0 Å². The van der Waals surface area contributed by atoms with Gasteiger partial charge in [0, 0.05) is 18.9 Å². The number of carbonyl (C=O) groups is 4. The average molecular weight is 1380 g/mol. The lowest BCUT2D eigenvalue weighted by molar-refractivity contribution is -0.399. The maximum absolute atomic E-state index is 14.6. The molecule has 27 atom stereocenters. The van der Waals surface area contributed by atoms with Gasteiger partial charge in [-0.25, -0.2) is 4.79 Å². The van der Waals surface area contributed by atoms with Gasteiger partial charge in [0.1, 0.15) is 67.1 Å². The largest absolute Gasteiger partial charge is 0.456 e. The van der Waals surface area contributed by atoms with E-state index in [9.17, 15) is 54.9 Å². The van der Waals surface area contributed by atoms with E-state index in [1.54, 1.807) is 52.0 Å². The molecule has 0 spiro atoms. The average Bonchev–Trinajstić information content (AvgIpc) is 0.773. The fourth-order valence-electron chi connectivity index (χ4n) is 13.3. The smallest absolute Gasteiger partial charge is 0.331 e. The second kappa shape index (κ2) is 40.7. The second-order valence-corrected chi connectivity index (χ2v) is 27.5. The quantitative estimate of drug-likeness (QED) is 0.0193. The molecule has 0 aliphatic carbocycles. The number of unbranched alkanes of at least 4 members (excludes halogenated alkanes) is 10. The van der Waals surface area contributed by atoms with Crippen molar-refractivity contribution in [3.63, 3.8) is 0 Å². The minimum atomic E-state index is -1.95. The van der Waals surface area contributed by atoms with Crippen molar-refractivity contribution < 1.29 is 121 Å². The summed E-state index contributed by atoms with van der Waals surface area (Å²) in [4.78, 5) is 56.0. The lowest BCUT2D eigenvalue weighted by atomic mass is 9.95. The Bertz CT molecular complexity index is 2490. The highest BCUT2D eigenvalue weighted by Crippen LogP contribution is 2.40. The molecule has 6 saturated heterocycles. The third-order valence-electron chi connectivity index (χ3n) is 19.6. The molecule has 0 amide bonds. The molecule has 0 unspecified atom stereocenters. The highest BCUT2D eigenvalue weighted by molar-refractivity contribution is 5.87. The zero-order valence-corrected chi connectivity index (χ0v) is 58.6. The van der Waals surface area contributed by atoms with Gasteiger partial charge in [-0.3, -0.25) is 14.4 Å². The zero-order chi connectivity index (χ0) is 70.3. The van der Waals surface area contributed by atoms with E-state index in [0.717, 1.165) is 109 Å². The van der Waals surface area contributed by atoms with Crippen molar-refractivity contribution >= 4 is 30.0 Å². The maximum atomic E-state index is 14.6. The van der Waals surface area contributed by atoms with Gasteiger partial charge in [0.15, 0.2) is 55.9 Å². The fourth-order valence-corrected chi connectivity index (χ4v) is 13.3. The predicted octanol–water partition coefficient (Wildman–Crippen LogP) is 7.60. The summed E-state index contributed by atoms with van der Waals surface area (Å²) in [6, 6.07) is 8.90. The Morgan fingerprint density at radius 2 is 1.05 bits per heavy atom. The van der Waals surface area contributed by atoms with Gasteiger partial charge >= 0.3 is 23.9 Å². The number of rotatable bonds is 27. The molecule has 554 valence electrons. The third kappa shape index (κ3) is 23.3. The van der Waals surface area contributed by atoms with Crippen LogP contribution in [0.15, 0.2) is 36.4 Å². The molecule has 25 nitrogen and oxygen atoms in total. The summed E-state index contributed by atoms with van der Waals surface area (Å²) in [6.07, 6.45) is -17.7. The van der Waals surface area contributed by atoms with Crippen molar-refractivity contribution in [2.75, 3.05) is 0 Å². The van der Waals surface area contributed by atoms with Gasteiger partial charge < -0.3 is 102 Å². The summed E-state index contributed by atoms with van der Waals surface area (Å²) in [5.74, 6) is -3.62. The van der Waals surface area contributed by atoms with Gasteiger partial charge in [0.2, 0.25) is 0 Å². The molecule has 6 fully saturated rings. The number of aliphatic hydroxyl groups is 7. The van der Waals surface area contributed by atoms with Crippen LogP contribution < -0.4 is 0 Å². The van der Waals surface area contributed by atoms with E-state index in [-0.39, 0.29) is 18.9 Å². The molecule has 7 N–H and O–H groups in total. The van der Waals surface area contributed by atoms with Crippen LogP contribution in [-0.2, 0) is 85.5 Å². The standard InChI is InChI=1S/C72H116O25/c1-10-13-15-16-17-18-21-24-32-38-50(74)92-66-65(97-68-56(80)54(78)52(76)42(5)84-68)61(94-69-57(81)62(59(44(7)86-69)93-67(83)41(4)12-3)91-51(75)40-39-47-33-28-26-29-34-47)46(9)88-72(66)95-60-45(8)87-70-58(82)63(60)90-49(73)37-31-25-22-19-20-23-30-36-48(35-27-14-11-2)89-71-64(96-70)55(79)53(77)43(6)85-71/h26,28-29,33-34,39-46,48,52-66,68-72,76-82H,10-25,27,30-32,35-38H2,1-9H3/b40-39+/t41-,42-,43+,44-,45-,46-,48-,52-,53-,54+,55-,56+,57+,58-,59-,60-,61-,62-,63-,64+,65+,66+,68+,69-,70-,71-,72-/m0/s1. The predicted molar refractivity (Wildman–Crippen MR) is 350 cm³/mol. The van der Waals surface area contributed by atoms with Crippen molar-refractivity contribution in [2.45, 2.75) is 376 Å². The number of fused-ring (bicyclic) bond motifs is 3. The number of carbonyl (C=O) groups excluding carboxylic acids is 4. The van der Waals surface area contributed by atoms with Crippen LogP contribution in [0.25, 0.3) is 6.08 Å². The van der Waals surface area contributed by atoms with Crippen molar-refractivity contribution in [2.24, 2.45) is 5.92 Å². The van der Waals surface area contributed by atoms with Gasteiger partial charge in [0.25, 0.3) is 0 Å². The van der Waals surface area contributed by atoms with E-state index in [1.807, 2.05) is 6.07 Å². The third-order valence-corrected chi connectivity index (χ3v) is 19.6. The molecule has 97 heavy (non-hydrogen) atoms. The van der Waals surface area contributed by atoms with E-state index in [1.165, 1.54) is 26.8 Å². The summed E-state index contributed by atoms with van der Waals surface area (Å²) in [7, 11) is 0. The SMILES string of the molecule is CCCCCCCCCCCC(=O)O[C@H]1[C@H](O[C@@H]2[C@H]3OC(=O)CCCCCCCCC[C@H](CCCCC)O[C@@H]4O[C@H](C)[C@H](O)[C@H](O)[C@H]4O[C@H](O[C@H]2C)[C@H]3O)O[C@@H](C)[C@H](O[C@@H]2O[C@@H](C)[C@H](OC(=O)[C@@H](C)CC)[C@@H](OC(=O)/C=C/c3ccccc3)[C@H]2O)[C@H]1O[C@H]1O[C@@H](C)[C@H](O)[C@@H](O)[C@H]1O. The Morgan fingerprint density at radius 3 is 1.74 bits per heavy atom. The minimum absolute atomic E-state index is 0.0435. The Morgan fingerprint density at radius 1 is 0.495 bits per heavy atom. The van der Waals surface area contributed by atoms with E-state index < -0.39 is 183 Å². The Labute approximate surface area is 573 Å². The second-order valence-electron chi connectivity index (χ2n) is 27.5. The summed E-state index contributed by atoms with van der Waals surface area (Å²) < 4.78 is 89.9. The Balaban J connectivity index is 1.25. The van der Waals surface area contributed by atoms with E-state index in [0.29, 0.717) is 44.1 Å². The Hall–Kier alpha value is -3.84. The summed E-state index contributed by atoms with van der Waals surface area (Å²) in [6.45, 7) is 15.4. The zero-order valence-electron chi connectivity index (χ0n) is 58.6. The molecule has 0 saturated carbocycles. The lowest BCUT2D eigenvalue weighted by Crippen LogP contribution is -2.68. The molecule has 6 heterocycles. The van der Waals surface area contributed by atoms with Gasteiger partial charge in [0.05, 0.1) is 42.5 Å². The van der Waals surface area contributed by atoms with Crippen molar-refractivity contribution in [3.8, 4) is 0 Å². The van der Waals surface area contributed by atoms with Crippen LogP contribution in [0, 0.1) is 5.92 Å². The molecular weight excluding hydrogens is 1260 g/mol. The van der Waals surface area contributed by atoms with Gasteiger partial charge in [-0.2, -0.15) is 0 Å². The van der Waals surface area contributed by atoms with Gasteiger partial charge in [-0.1, -0.05) is 167 Å². The first-order valence-electron chi connectivity index (χ1n) is 36.4. The fraction of sp³-hybridized carbons (Fsp3) is 0.833. The molecule has 1 aromatic carbocycles. The first kappa shape index (κ1) is 80.5. The first-order valence-corrected chi connectivity index (χ1v) is 36.4. The molecule has 25 heteroatoms. The lowest BCUT2D eigenvalue weighted by Gasteiger charge is -2.51.